The Hall–Kier alpha value is -1.43. The summed E-state index contributed by atoms with van der Waals surface area (Å²) in [5, 5.41) is 4.19. The van der Waals surface area contributed by atoms with Gasteiger partial charge in [-0.3, -0.25) is 4.79 Å². The molecule has 6 nitrogen and oxygen atoms in total. The highest BCUT2D eigenvalue weighted by Crippen LogP contribution is 2.28. The number of nitrogens with two attached hydrogens (primary N) is 1. The minimum absolute atomic E-state index is 0.228. The number of rotatable bonds is 3. The largest absolute Gasteiger partial charge is 0.343 e. The maximum Gasteiger partial charge on any atom is 0.222 e. The van der Waals surface area contributed by atoms with Gasteiger partial charge in [-0.25, -0.2) is 9.67 Å². The molecule has 110 valence electrons. The summed E-state index contributed by atoms with van der Waals surface area (Å²) < 4.78 is 1.91. The van der Waals surface area contributed by atoms with Crippen LogP contribution < -0.4 is 5.73 Å². The van der Waals surface area contributed by atoms with Gasteiger partial charge in [-0.05, 0) is 31.6 Å². The standard InChI is InChI=1S/C14H23N5O/c15-13-3-1-2-11(13)8-14(20)18-6-4-12(5-7-18)19-10-16-9-17-19/h9-13H,1-8,15H2/t11-,13+/m0/s1. The van der Waals surface area contributed by atoms with Gasteiger partial charge in [0, 0.05) is 25.6 Å². The van der Waals surface area contributed by atoms with Crippen LogP contribution in [0, 0.1) is 5.92 Å². The molecule has 0 unspecified atom stereocenters. The predicted octanol–water partition coefficient (Wildman–Crippen LogP) is 0.959. The van der Waals surface area contributed by atoms with Crippen molar-refractivity contribution >= 4 is 5.91 Å². The Labute approximate surface area is 119 Å². The number of carbonyl (C=O) groups excluding carboxylic acids is 1. The van der Waals surface area contributed by atoms with Gasteiger partial charge in [-0.15, -0.1) is 0 Å². The SMILES string of the molecule is N[C@@H]1CCC[C@H]1CC(=O)N1CCC(n2cncn2)CC1. The highest BCUT2D eigenvalue weighted by atomic mass is 16.2. The smallest absolute Gasteiger partial charge is 0.222 e. The van der Waals surface area contributed by atoms with Crippen molar-refractivity contribution < 1.29 is 4.79 Å². The Balaban J connectivity index is 1.49. The van der Waals surface area contributed by atoms with Crippen LogP contribution in [0.1, 0.15) is 44.6 Å². The second-order valence-electron chi connectivity index (χ2n) is 6.05. The number of amides is 1. The molecular weight excluding hydrogens is 254 g/mol. The molecule has 1 aromatic rings. The molecule has 1 amide bonds. The summed E-state index contributed by atoms with van der Waals surface area (Å²) in [7, 11) is 0. The molecule has 1 aliphatic heterocycles. The van der Waals surface area contributed by atoms with Gasteiger partial charge in [0.05, 0.1) is 6.04 Å². The average molecular weight is 277 g/mol. The van der Waals surface area contributed by atoms with E-state index in [0.29, 0.717) is 18.4 Å². The van der Waals surface area contributed by atoms with Gasteiger partial charge in [0.1, 0.15) is 12.7 Å². The molecule has 2 aliphatic rings. The summed E-state index contributed by atoms with van der Waals surface area (Å²) in [6.45, 7) is 1.65. The van der Waals surface area contributed by atoms with E-state index in [9.17, 15) is 4.79 Å². The highest BCUT2D eigenvalue weighted by molar-refractivity contribution is 5.76. The van der Waals surface area contributed by atoms with Gasteiger partial charge in [0.2, 0.25) is 5.91 Å². The zero-order chi connectivity index (χ0) is 13.9. The Kier molecular flexibility index (Phi) is 4.00. The Bertz CT molecular complexity index is 438. The van der Waals surface area contributed by atoms with E-state index in [4.69, 9.17) is 5.73 Å². The van der Waals surface area contributed by atoms with Crippen LogP contribution in [-0.4, -0.2) is 44.7 Å². The summed E-state index contributed by atoms with van der Waals surface area (Å²) in [6.07, 6.45) is 9.26. The minimum atomic E-state index is 0.228. The third-order valence-corrected chi connectivity index (χ3v) is 4.78. The van der Waals surface area contributed by atoms with E-state index in [1.54, 1.807) is 12.7 Å². The molecule has 0 aromatic carbocycles. The molecule has 2 N–H and O–H groups in total. The van der Waals surface area contributed by atoms with Gasteiger partial charge in [-0.2, -0.15) is 5.10 Å². The van der Waals surface area contributed by atoms with Crippen molar-refractivity contribution in [1.82, 2.24) is 19.7 Å². The molecule has 1 aliphatic carbocycles. The maximum absolute atomic E-state index is 12.3. The van der Waals surface area contributed by atoms with Crippen molar-refractivity contribution in [3.63, 3.8) is 0 Å². The van der Waals surface area contributed by atoms with Crippen LogP contribution in [0.2, 0.25) is 0 Å². The van der Waals surface area contributed by atoms with E-state index in [-0.39, 0.29) is 11.9 Å². The molecular formula is C14H23N5O. The second-order valence-corrected chi connectivity index (χ2v) is 6.05. The van der Waals surface area contributed by atoms with E-state index in [2.05, 4.69) is 10.1 Å². The number of piperidine rings is 1. The van der Waals surface area contributed by atoms with Crippen LogP contribution >= 0.6 is 0 Å². The Morgan fingerprint density at radius 3 is 2.65 bits per heavy atom. The first kappa shape index (κ1) is 13.5. The van der Waals surface area contributed by atoms with Crippen molar-refractivity contribution in [2.75, 3.05) is 13.1 Å². The first-order chi connectivity index (χ1) is 9.74. The van der Waals surface area contributed by atoms with Crippen molar-refractivity contribution in [1.29, 1.82) is 0 Å². The van der Waals surface area contributed by atoms with Crippen LogP contribution in [0.25, 0.3) is 0 Å². The number of aromatic nitrogens is 3. The predicted molar refractivity (Wildman–Crippen MR) is 74.8 cm³/mol. The summed E-state index contributed by atoms with van der Waals surface area (Å²) in [4.78, 5) is 18.3. The van der Waals surface area contributed by atoms with Crippen molar-refractivity contribution in [3.8, 4) is 0 Å². The van der Waals surface area contributed by atoms with E-state index >= 15 is 0 Å². The molecule has 2 atom stereocenters. The van der Waals surface area contributed by atoms with Crippen LogP contribution in [0.15, 0.2) is 12.7 Å². The minimum Gasteiger partial charge on any atom is -0.343 e. The fourth-order valence-corrected chi connectivity index (χ4v) is 3.46. The molecule has 2 fully saturated rings. The molecule has 20 heavy (non-hydrogen) atoms. The molecule has 0 spiro atoms. The third kappa shape index (κ3) is 2.85. The zero-order valence-corrected chi connectivity index (χ0v) is 11.8. The fraction of sp³-hybridized carbons (Fsp3) is 0.786. The van der Waals surface area contributed by atoms with Crippen LogP contribution in [0.3, 0.4) is 0 Å². The van der Waals surface area contributed by atoms with E-state index in [1.165, 1.54) is 6.42 Å². The van der Waals surface area contributed by atoms with Crippen LogP contribution in [0.4, 0.5) is 0 Å². The van der Waals surface area contributed by atoms with Gasteiger partial charge in [-0.1, -0.05) is 6.42 Å². The molecule has 6 heteroatoms. The number of carbonyl (C=O) groups is 1. The monoisotopic (exact) mass is 277 g/mol. The normalized spacial score (nSPS) is 27.9. The summed E-state index contributed by atoms with van der Waals surface area (Å²) >= 11 is 0. The van der Waals surface area contributed by atoms with Crippen molar-refractivity contribution in [2.45, 2.75) is 50.6 Å². The van der Waals surface area contributed by atoms with E-state index in [1.807, 2.05) is 9.58 Å². The molecule has 1 aromatic heterocycles. The fourth-order valence-electron chi connectivity index (χ4n) is 3.46. The number of hydrogen-bond donors (Lipinski definition) is 1. The highest BCUT2D eigenvalue weighted by Gasteiger charge is 2.30. The second kappa shape index (κ2) is 5.91. The lowest BCUT2D eigenvalue weighted by atomic mass is 9.98. The van der Waals surface area contributed by atoms with Crippen molar-refractivity contribution in [2.24, 2.45) is 11.7 Å². The first-order valence-electron chi connectivity index (χ1n) is 7.61. The Morgan fingerprint density at radius 2 is 2.05 bits per heavy atom. The van der Waals surface area contributed by atoms with Crippen LogP contribution in [0.5, 0.6) is 0 Å². The van der Waals surface area contributed by atoms with Crippen molar-refractivity contribution in [3.05, 3.63) is 12.7 Å². The van der Waals surface area contributed by atoms with E-state index in [0.717, 1.165) is 38.8 Å². The summed E-state index contributed by atoms with van der Waals surface area (Å²) in [6, 6.07) is 0.613. The molecule has 1 saturated carbocycles. The average Bonchev–Trinajstić information content (AvgIpc) is 3.12. The number of nitrogens with zero attached hydrogens (tertiary/aromatic N) is 4. The Morgan fingerprint density at radius 1 is 1.25 bits per heavy atom. The lowest BCUT2D eigenvalue weighted by molar-refractivity contribution is -0.133. The zero-order valence-electron chi connectivity index (χ0n) is 11.8. The molecule has 2 heterocycles. The third-order valence-electron chi connectivity index (χ3n) is 4.78. The number of likely N-dealkylation sites (tertiary alicyclic amines) is 1. The molecule has 0 bridgehead atoms. The topological polar surface area (TPSA) is 77.0 Å². The lowest BCUT2D eigenvalue weighted by Crippen LogP contribution is -2.41. The lowest BCUT2D eigenvalue weighted by Gasteiger charge is -2.32. The quantitative estimate of drug-likeness (QED) is 0.892. The summed E-state index contributed by atoms with van der Waals surface area (Å²) in [5.74, 6) is 0.680. The first-order valence-corrected chi connectivity index (χ1v) is 7.61. The number of hydrogen-bond acceptors (Lipinski definition) is 4. The van der Waals surface area contributed by atoms with Gasteiger partial charge >= 0.3 is 0 Å². The molecule has 1 saturated heterocycles. The van der Waals surface area contributed by atoms with Gasteiger partial charge in [0.15, 0.2) is 0 Å². The maximum atomic E-state index is 12.3. The van der Waals surface area contributed by atoms with Gasteiger partial charge < -0.3 is 10.6 Å². The van der Waals surface area contributed by atoms with Crippen LogP contribution in [-0.2, 0) is 4.79 Å². The molecule has 0 radical (unpaired) electrons. The summed E-state index contributed by atoms with van der Waals surface area (Å²) in [5.41, 5.74) is 6.05. The van der Waals surface area contributed by atoms with E-state index < -0.39 is 0 Å². The molecule has 3 rings (SSSR count). The van der Waals surface area contributed by atoms with Gasteiger partial charge in [0.25, 0.3) is 0 Å².